The van der Waals surface area contributed by atoms with Crippen LogP contribution in [0.5, 0.6) is 5.75 Å². The molecule has 1 saturated carbocycles. The van der Waals surface area contributed by atoms with E-state index in [1.54, 1.807) is 7.11 Å². The molecule has 1 aliphatic carbocycles. The molecule has 3 nitrogen and oxygen atoms in total. The molecule has 3 heteroatoms. The maximum atomic E-state index is 10.2. The summed E-state index contributed by atoms with van der Waals surface area (Å²) >= 11 is 0. The molecule has 0 aliphatic heterocycles. The summed E-state index contributed by atoms with van der Waals surface area (Å²) in [7, 11) is 1.64. The molecule has 1 aromatic carbocycles. The topological polar surface area (TPSA) is 41.5 Å². The second-order valence-electron chi connectivity index (χ2n) is 5.16. The third-order valence-electron chi connectivity index (χ3n) is 4.14. The predicted octanol–water partition coefficient (Wildman–Crippen LogP) is 2.65. The van der Waals surface area contributed by atoms with Crippen molar-refractivity contribution in [3.05, 3.63) is 29.8 Å². The zero-order valence-electron chi connectivity index (χ0n) is 11.3. The van der Waals surface area contributed by atoms with Crippen LogP contribution in [0.3, 0.4) is 0 Å². The summed E-state index contributed by atoms with van der Waals surface area (Å²) in [4.78, 5) is 0. The Morgan fingerprint density at radius 1 is 1.44 bits per heavy atom. The third kappa shape index (κ3) is 2.85. The highest BCUT2D eigenvalue weighted by molar-refractivity contribution is 5.30. The highest BCUT2D eigenvalue weighted by atomic mass is 16.5. The molecule has 1 unspecified atom stereocenters. The van der Waals surface area contributed by atoms with Crippen molar-refractivity contribution in [3.8, 4) is 5.75 Å². The standard InChI is InChI=1S/C15H23NO2/c1-3-15(8-5-9-15)16-11-14(17)12-6-4-7-13(10-12)18-2/h4,6-7,10,14,16-17H,3,5,8-9,11H2,1-2H3. The number of hydrogen-bond acceptors (Lipinski definition) is 3. The van der Waals surface area contributed by atoms with Crippen molar-refractivity contribution in [3.63, 3.8) is 0 Å². The number of ether oxygens (including phenoxy) is 1. The molecular weight excluding hydrogens is 226 g/mol. The normalized spacial score (nSPS) is 19.1. The summed E-state index contributed by atoms with van der Waals surface area (Å²) in [5, 5.41) is 13.7. The van der Waals surface area contributed by atoms with Gasteiger partial charge in [-0.05, 0) is 43.4 Å². The SMILES string of the molecule is CCC1(NCC(O)c2cccc(OC)c2)CCC1. The lowest BCUT2D eigenvalue weighted by Gasteiger charge is -2.42. The molecule has 18 heavy (non-hydrogen) atoms. The quantitative estimate of drug-likeness (QED) is 0.814. The molecule has 0 bridgehead atoms. The van der Waals surface area contributed by atoms with Gasteiger partial charge in [-0.15, -0.1) is 0 Å². The van der Waals surface area contributed by atoms with Gasteiger partial charge < -0.3 is 15.2 Å². The van der Waals surface area contributed by atoms with Crippen molar-refractivity contribution < 1.29 is 9.84 Å². The minimum atomic E-state index is -0.468. The monoisotopic (exact) mass is 249 g/mol. The first-order valence-corrected chi connectivity index (χ1v) is 6.76. The van der Waals surface area contributed by atoms with Gasteiger partial charge in [0.05, 0.1) is 13.2 Å². The predicted molar refractivity (Wildman–Crippen MR) is 72.8 cm³/mol. The molecular formula is C15H23NO2. The van der Waals surface area contributed by atoms with Gasteiger partial charge in [0.25, 0.3) is 0 Å². The van der Waals surface area contributed by atoms with Crippen LogP contribution in [0.1, 0.15) is 44.3 Å². The average molecular weight is 249 g/mol. The molecule has 0 radical (unpaired) electrons. The fraction of sp³-hybridized carbons (Fsp3) is 0.600. The van der Waals surface area contributed by atoms with Gasteiger partial charge >= 0.3 is 0 Å². The molecule has 100 valence electrons. The Kier molecular flexibility index (Phi) is 4.25. The van der Waals surface area contributed by atoms with E-state index in [4.69, 9.17) is 4.74 Å². The number of β-amino-alcohol motifs (C(OH)–C–C–N with tert-alkyl or cyclic N) is 1. The van der Waals surface area contributed by atoms with Crippen molar-refractivity contribution in [2.75, 3.05) is 13.7 Å². The maximum absolute atomic E-state index is 10.2. The van der Waals surface area contributed by atoms with Crippen LogP contribution in [0.25, 0.3) is 0 Å². The number of methoxy groups -OCH3 is 1. The van der Waals surface area contributed by atoms with Crippen molar-refractivity contribution in [2.45, 2.75) is 44.2 Å². The minimum Gasteiger partial charge on any atom is -0.497 e. The van der Waals surface area contributed by atoms with Gasteiger partial charge in [0.2, 0.25) is 0 Å². The first-order chi connectivity index (χ1) is 8.69. The summed E-state index contributed by atoms with van der Waals surface area (Å²) in [5.74, 6) is 0.792. The Labute approximate surface area is 109 Å². The maximum Gasteiger partial charge on any atom is 0.119 e. The molecule has 1 fully saturated rings. The highest BCUT2D eigenvalue weighted by Crippen LogP contribution is 2.35. The molecule has 2 rings (SSSR count). The number of aliphatic hydroxyl groups excluding tert-OH is 1. The number of aliphatic hydroxyl groups is 1. The largest absolute Gasteiger partial charge is 0.497 e. The number of hydrogen-bond donors (Lipinski definition) is 2. The number of nitrogens with one attached hydrogen (secondary N) is 1. The van der Waals surface area contributed by atoms with Gasteiger partial charge in [0, 0.05) is 12.1 Å². The molecule has 0 amide bonds. The van der Waals surface area contributed by atoms with E-state index in [9.17, 15) is 5.11 Å². The van der Waals surface area contributed by atoms with Crippen LogP contribution >= 0.6 is 0 Å². The second-order valence-corrected chi connectivity index (χ2v) is 5.16. The molecule has 0 aromatic heterocycles. The van der Waals surface area contributed by atoms with Crippen LogP contribution in [0.4, 0.5) is 0 Å². The third-order valence-corrected chi connectivity index (χ3v) is 4.14. The van der Waals surface area contributed by atoms with Crippen LogP contribution in [0.15, 0.2) is 24.3 Å². The molecule has 1 atom stereocenters. The van der Waals surface area contributed by atoms with E-state index >= 15 is 0 Å². The van der Waals surface area contributed by atoms with Crippen LogP contribution in [0, 0.1) is 0 Å². The smallest absolute Gasteiger partial charge is 0.119 e. The molecule has 0 spiro atoms. The highest BCUT2D eigenvalue weighted by Gasteiger charge is 2.34. The zero-order chi connectivity index (χ0) is 13.0. The van der Waals surface area contributed by atoms with Crippen LogP contribution in [0.2, 0.25) is 0 Å². The van der Waals surface area contributed by atoms with Gasteiger partial charge in [-0.1, -0.05) is 19.1 Å². The number of benzene rings is 1. The van der Waals surface area contributed by atoms with E-state index in [1.165, 1.54) is 19.3 Å². The fourth-order valence-electron chi connectivity index (χ4n) is 2.54. The first-order valence-electron chi connectivity index (χ1n) is 6.76. The molecule has 0 heterocycles. The summed E-state index contributed by atoms with van der Waals surface area (Å²) in [5.41, 5.74) is 1.19. The van der Waals surface area contributed by atoms with Crippen molar-refractivity contribution in [1.29, 1.82) is 0 Å². The van der Waals surface area contributed by atoms with Gasteiger partial charge in [0.1, 0.15) is 5.75 Å². The molecule has 1 aromatic rings. The van der Waals surface area contributed by atoms with E-state index in [1.807, 2.05) is 24.3 Å². The van der Waals surface area contributed by atoms with Gasteiger partial charge in [0.15, 0.2) is 0 Å². The zero-order valence-corrected chi connectivity index (χ0v) is 11.3. The molecule has 2 N–H and O–H groups in total. The Morgan fingerprint density at radius 3 is 2.78 bits per heavy atom. The Hall–Kier alpha value is -1.06. The van der Waals surface area contributed by atoms with E-state index in [0.29, 0.717) is 6.54 Å². The lowest BCUT2D eigenvalue weighted by atomic mass is 9.75. The lowest BCUT2D eigenvalue weighted by molar-refractivity contribution is 0.119. The Balaban J connectivity index is 1.92. The van der Waals surface area contributed by atoms with E-state index in [2.05, 4.69) is 12.2 Å². The summed E-state index contributed by atoms with van der Waals surface area (Å²) in [6.45, 7) is 2.82. The van der Waals surface area contributed by atoms with Crippen molar-refractivity contribution in [2.24, 2.45) is 0 Å². The van der Waals surface area contributed by atoms with E-state index < -0.39 is 6.10 Å². The summed E-state index contributed by atoms with van der Waals surface area (Å²) in [6, 6.07) is 7.64. The van der Waals surface area contributed by atoms with Crippen molar-refractivity contribution in [1.82, 2.24) is 5.32 Å². The molecule has 1 aliphatic rings. The van der Waals surface area contributed by atoms with Crippen LogP contribution < -0.4 is 10.1 Å². The average Bonchev–Trinajstić information content (AvgIpc) is 2.38. The Morgan fingerprint density at radius 2 is 2.22 bits per heavy atom. The Bertz CT molecular complexity index is 382. The lowest BCUT2D eigenvalue weighted by Crippen LogP contribution is -2.51. The van der Waals surface area contributed by atoms with E-state index in [0.717, 1.165) is 17.7 Å². The molecule has 0 saturated heterocycles. The van der Waals surface area contributed by atoms with Gasteiger partial charge in [-0.3, -0.25) is 0 Å². The minimum absolute atomic E-state index is 0.278. The van der Waals surface area contributed by atoms with Gasteiger partial charge in [-0.2, -0.15) is 0 Å². The first kappa shape index (κ1) is 13.4. The van der Waals surface area contributed by atoms with Crippen LogP contribution in [-0.2, 0) is 0 Å². The van der Waals surface area contributed by atoms with Gasteiger partial charge in [-0.25, -0.2) is 0 Å². The second kappa shape index (κ2) is 5.72. The van der Waals surface area contributed by atoms with Crippen LogP contribution in [-0.4, -0.2) is 24.3 Å². The number of rotatable bonds is 6. The van der Waals surface area contributed by atoms with E-state index in [-0.39, 0.29) is 5.54 Å². The summed E-state index contributed by atoms with van der Waals surface area (Å²) < 4.78 is 5.17. The summed E-state index contributed by atoms with van der Waals surface area (Å²) in [6.07, 6.45) is 4.43. The van der Waals surface area contributed by atoms with Crippen molar-refractivity contribution >= 4 is 0 Å². The fourth-order valence-corrected chi connectivity index (χ4v) is 2.54.